The number of carbonyl (C=O) groups is 3. The van der Waals surface area contributed by atoms with Crippen LogP contribution < -0.4 is 20.5 Å². The van der Waals surface area contributed by atoms with Crippen molar-refractivity contribution in [1.82, 2.24) is 10.6 Å². The molecule has 1 aliphatic heterocycles. The van der Waals surface area contributed by atoms with Gasteiger partial charge in [0.15, 0.2) is 0 Å². The van der Waals surface area contributed by atoms with Gasteiger partial charge in [-0.2, -0.15) is 0 Å². The van der Waals surface area contributed by atoms with E-state index in [-0.39, 0.29) is 34.1 Å². The average molecular weight is 441 g/mol. The lowest BCUT2D eigenvalue weighted by Crippen LogP contribution is -2.51. The molecule has 0 bridgehead atoms. The zero-order valence-corrected chi connectivity index (χ0v) is 17.5. The van der Waals surface area contributed by atoms with E-state index in [1.54, 1.807) is 13.8 Å². The number of methoxy groups -OCH3 is 1. The molecule has 4 N–H and O–H groups in total. The first-order valence-electron chi connectivity index (χ1n) is 8.97. The van der Waals surface area contributed by atoms with Gasteiger partial charge >= 0.3 is 18.0 Å². The first kappa shape index (κ1) is 23.2. The summed E-state index contributed by atoms with van der Waals surface area (Å²) in [6.45, 7) is 3.07. The van der Waals surface area contributed by atoms with Crippen LogP contribution in [0.3, 0.4) is 0 Å². The number of hydrogen-bond donors (Lipinski definition) is 3. The van der Waals surface area contributed by atoms with Gasteiger partial charge in [-0.25, -0.2) is 27.9 Å². The molecule has 0 aliphatic carbocycles. The fourth-order valence-corrected chi connectivity index (χ4v) is 3.35. The Hall–Kier alpha value is -3.12. The smallest absolute Gasteiger partial charge is 0.342 e. The summed E-state index contributed by atoms with van der Waals surface area (Å²) >= 11 is 0. The zero-order chi connectivity index (χ0) is 22.5. The Kier molecular flexibility index (Phi) is 7.40. The van der Waals surface area contributed by atoms with E-state index in [9.17, 15) is 22.8 Å². The van der Waals surface area contributed by atoms with Crippen molar-refractivity contribution < 1.29 is 37.0 Å². The normalized spacial score (nSPS) is 16.4. The van der Waals surface area contributed by atoms with Gasteiger partial charge in [0.25, 0.3) is 0 Å². The highest BCUT2D eigenvalue weighted by atomic mass is 32.2. The van der Waals surface area contributed by atoms with Crippen molar-refractivity contribution >= 4 is 28.0 Å². The SMILES string of the molecule is CCOC(=O)C1=C(COC(=O)c2cc(S(N)(=O)=O)ccc2OC)NC(=O)NC1CC. The highest BCUT2D eigenvalue weighted by Gasteiger charge is 2.32. The molecular weight excluding hydrogens is 418 g/mol. The highest BCUT2D eigenvalue weighted by molar-refractivity contribution is 7.89. The van der Waals surface area contributed by atoms with E-state index in [1.165, 1.54) is 19.2 Å². The number of sulfonamides is 1. The van der Waals surface area contributed by atoms with Crippen LogP contribution in [-0.2, 0) is 24.3 Å². The molecule has 11 nitrogen and oxygen atoms in total. The minimum Gasteiger partial charge on any atom is -0.496 e. The predicted octanol–water partition coefficient (Wildman–Crippen LogP) is 0.408. The summed E-state index contributed by atoms with van der Waals surface area (Å²) in [6, 6.07) is 2.29. The van der Waals surface area contributed by atoms with Crippen LogP contribution in [0.1, 0.15) is 30.6 Å². The molecule has 0 saturated carbocycles. The number of amides is 2. The van der Waals surface area contributed by atoms with E-state index in [4.69, 9.17) is 19.3 Å². The maximum absolute atomic E-state index is 12.6. The van der Waals surface area contributed by atoms with Gasteiger partial charge in [-0.05, 0) is 31.5 Å². The molecular formula is C18H23N3O8S. The molecule has 1 atom stereocenters. The Bertz CT molecular complexity index is 987. The molecule has 12 heteroatoms. The Balaban J connectivity index is 2.34. The quantitative estimate of drug-likeness (QED) is 0.488. The van der Waals surface area contributed by atoms with Crippen molar-refractivity contribution in [3.63, 3.8) is 0 Å². The zero-order valence-electron chi connectivity index (χ0n) is 16.7. The number of nitrogens with one attached hydrogen (secondary N) is 2. The van der Waals surface area contributed by atoms with E-state index in [1.807, 2.05) is 0 Å². The van der Waals surface area contributed by atoms with E-state index in [0.717, 1.165) is 6.07 Å². The number of urea groups is 1. The van der Waals surface area contributed by atoms with Crippen LogP contribution in [0, 0.1) is 0 Å². The summed E-state index contributed by atoms with van der Waals surface area (Å²) in [5.74, 6) is -1.53. The number of carbonyl (C=O) groups excluding carboxylic acids is 3. The fraction of sp³-hybridized carbons (Fsp3) is 0.389. The summed E-state index contributed by atoms with van der Waals surface area (Å²) in [7, 11) is -2.77. The maximum Gasteiger partial charge on any atom is 0.342 e. The number of benzene rings is 1. The lowest BCUT2D eigenvalue weighted by atomic mass is 10.0. The molecule has 1 aliphatic rings. The number of esters is 2. The number of hydrogen-bond acceptors (Lipinski definition) is 8. The van der Waals surface area contributed by atoms with Crippen LogP contribution in [-0.4, -0.2) is 52.8 Å². The van der Waals surface area contributed by atoms with E-state index >= 15 is 0 Å². The molecule has 0 fully saturated rings. The molecule has 0 radical (unpaired) electrons. The standard InChI is InChI=1S/C18H23N3O8S/c1-4-12-15(17(23)28-5-2)13(21-18(24)20-12)9-29-16(22)11-8-10(30(19,25)26)6-7-14(11)27-3/h6-8,12H,4-5,9H2,1-3H3,(H2,19,25,26)(H2,20,21,24). The monoisotopic (exact) mass is 441 g/mol. The van der Waals surface area contributed by atoms with Gasteiger partial charge in [0, 0.05) is 0 Å². The molecule has 0 spiro atoms. The highest BCUT2D eigenvalue weighted by Crippen LogP contribution is 2.24. The molecule has 2 rings (SSSR count). The summed E-state index contributed by atoms with van der Waals surface area (Å²) in [6.07, 6.45) is 0.406. The van der Waals surface area contributed by atoms with Crippen LogP contribution in [0.2, 0.25) is 0 Å². The third-order valence-electron chi connectivity index (χ3n) is 4.21. The first-order valence-corrected chi connectivity index (χ1v) is 10.5. The number of nitrogens with two attached hydrogens (primary N) is 1. The van der Waals surface area contributed by atoms with E-state index in [2.05, 4.69) is 10.6 Å². The first-order chi connectivity index (χ1) is 14.1. The van der Waals surface area contributed by atoms with Crippen molar-refractivity contribution in [2.45, 2.75) is 31.2 Å². The minimum absolute atomic E-state index is 0.0628. The van der Waals surface area contributed by atoms with Crippen molar-refractivity contribution in [1.29, 1.82) is 0 Å². The second-order valence-electron chi connectivity index (χ2n) is 6.16. The van der Waals surface area contributed by atoms with Crippen molar-refractivity contribution in [3.8, 4) is 5.75 Å². The lowest BCUT2D eigenvalue weighted by Gasteiger charge is -2.28. The summed E-state index contributed by atoms with van der Waals surface area (Å²) in [5.41, 5.74) is 0.0191. The number of rotatable bonds is 8. The second-order valence-corrected chi connectivity index (χ2v) is 7.72. The third-order valence-corrected chi connectivity index (χ3v) is 5.12. The molecule has 0 aromatic heterocycles. The molecule has 30 heavy (non-hydrogen) atoms. The van der Waals surface area contributed by atoms with Crippen LogP contribution in [0.4, 0.5) is 4.79 Å². The van der Waals surface area contributed by atoms with Gasteiger partial charge in [0.05, 0.1) is 35.9 Å². The Morgan fingerprint density at radius 2 is 1.87 bits per heavy atom. The van der Waals surface area contributed by atoms with Crippen LogP contribution in [0.5, 0.6) is 5.75 Å². The van der Waals surface area contributed by atoms with Crippen molar-refractivity contribution in [3.05, 3.63) is 35.0 Å². The van der Waals surface area contributed by atoms with Crippen LogP contribution in [0.25, 0.3) is 0 Å². The van der Waals surface area contributed by atoms with Gasteiger partial charge in [0.1, 0.15) is 17.9 Å². The molecule has 164 valence electrons. The number of primary sulfonamides is 1. The van der Waals surface area contributed by atoms with Crippen molar-refractivity contribution in [2.24, 2.45) is 5.14 Å². The molecule has 2 amide bonds. The maximum atomic E-state index is 12.6. The lowest BCUT2D eigenvalue weighted by molar-refractivity contribution is -0.139. The minimum atomic E-state index is -4.06. The third kappa shape index (κ3) is 5.27. The van der Waals surface area contributed by atoms with Gasteiger partial charge in [0.2, 0.25) is 10.0 Å². The molecule has 1 heterocycles. The van der Waals surface area contributed by atoms with Gasteiger partial charge < -0.3 is 24.8 Å². The second kappa shape index (κ2) is 9.59. The summed E-state index contributed by atoms with van der Waals surface area (Å²) in [4.78, 5) is 36.5. The van der Waals surface area contributed by atoms with E-state index in [0.29, 0.717) is 6.42 Å². The van der Waals surface area contributed by atoms with Gasteiger partial charge in [-0.1, -0.05) is 6.92 Å². The Labute approximate surface area is 173 Å². The average Bonchev–Trinajstić information content (AvgIpc) is 2.70. The topological polar surface area (TPSA) is 163 Å². The Morgan fingerprint density at radius 1 is 1.17 bits per heavy atom. The van der Waals surface area contributed by atoms with Gasteiger partial charge in [-0.15, -0.1) is 0 Å². The Morgan fingerprint density at radius 3 is 2.43 bits per heavy atom. The summed E-state index contributed by atoms with van der Waals surface area (Å²) in [5, 5.41) is 10.1. The van der Waals surface area contributed by atoms with Crippen LogP contribution >= 0.6 is 0 Å². The van der Waals surface area contributed by atoms with E-state index < -0.39 is 40.6 Å². The molecule has 1 unspecified atom stereocenters. The number of ether oxygens (including phenoxy) is 3. The van der Waals surface area contributed by atoms with Crippen molar-refractivity contribution in [2.75, 3.05) is 20.3 Å². The molecule has 1 aromatic carbocycles. The predicted molar refractivity (Wildman–Crippen MR) is 104 cm³/mol. The molecule has 0 saturated heterocycles. The largest absolute Gasteiger partial charge is 0.496 e. The van der Waals surface area contributed by atoms with Gasteiger partial charge in [-0.3, -0.25) is 0 Å². The molecule has 1 aromatic rings. The fourth-order valence-electron chi connectivity index (χ4n) is 2.81. The summed E-state index contributed by atoms with van der Waals surface area (Å²) < 4.78 is 38.4. The van der Waals surface area contributed by atoms with Crippen LogP contribution in [0.15, 0.2) is 34.4 Å².